The Balaban J connectivity index is 1.80. The highest BCUT2D eigenvalue weighted by Gasteiger charge is 2.29. The van der Waals surface area contributed by atoms with Crippen molar-refractivity contribution in [1.82, 2.24) is 10.3 Å². The molecule has 1 aromatic rings. The number of aromatic nitrogens is 1. The van der Waals surface area contributed by atoms with Gasteiger partial charge in [-0.25, -0.2) is 4.98 Å². The Morgan fingerprint density at radius 3 is 3.14 bits per heavy atom. The molecule has 2 unspecified atom stereocenters. The third kappa shape index (κ3) is 3.25. The molecule has 5 heteroatoms. The summed E-state index contributed by atoms with van der Waals surface area (Å²) in [7, 11) is 0. The SMILES string of the molecule is CCCNC1CCCc2sc(N3CCOCC3CC)nc21. The summed E-state index contributed by atoms with van der Waals surface area (Å²) in [5.41, 5.74) is 1.33. The Morgan fingerprint density at radius 2 is 2.33 bits per heavy atom. The van der Waals surface area contributed by atoms with E-state index in [0.717, 1.165) is 32.7 Å². The van der Waals surface area contributed by atoms with Gasteiger partial charge in [0.15, 0.2) is 5.13 Å². The molecule has 0 bridgehead atoms. The van der Waals surface area contributed by atoms with Crippen molar-refractivity contribution in [1.29, 1.82) is 0 Å². The number of rotatable bonds is 5. The van der Waals surface area contributed by atoms with Gasteiger partial charge in [0.25, 0.3) is 0 Å². The van der Waals surface area contributed by atoms with E-state index >= 15 is 0 Å². The Labute approximate surface area is 131 Å². The first kappa shape index (κ1) is 15.3. The molecule has 1 saturated heterocycles. The molecule has 1 N–H and O–H groups in total. The van der Waals surface area contributed by atoms with Crippen LogP contribution in [0.4, 0.5) is 5.13 Å². The number of thiazole rings is 1. The average molecular weight is 309 g/mol. The number of ether oxygens (including phenoxy) is 1. The van der Waals surface area contributed by atoms with Crippen LogP contribution in [0.2, 0.25) is 0 Å². The summed E-state index contributed by atoms with van der Waals surface area (Å²) >= 11 is 1.92. The van der Waals surface area contributed by atoms with Crippen LogP contribution in [0.15, 0.2) is 0 Å². The van der Waals surface area contributed by atoms with Gasteiger partial charge in [-0.05, 0) is 38.6 Å². The first-order valence-corrected chi connectivity index (χ1v) is 9.22. The Hall–Kier alpha value is -0.650. The van der Waals surface area contributed by atoms with Gasteiger partial charge in [-0.2, -0.15) is 0 Å². The van der Waals surface area contributed by atoms with E-state index in [4.69, 9.17) is 9.72 Å². The van der Waals surface area contributed by atoms with Crippen LogP contribution in [0.25, 0.3) is 0 Å². The largest absolute Gasteiger partial charge is 0.377 e. The van der Waals surface area contributed by atoms with Gasteiger partial charge in [0.1, 0.15) is 0 Å². The number of aryl methyl sites for hydroxylation is 1. The molecule has 4 nitrogen and oxygen atoms in total. The van der Waals surface area contributed by atoms with Crippen molar-refractivity contribution in [2.75, 3.05) is 31.2 Å². The summed E-state index contributed by atoms with van der Waals surface area (Å²) in [6.45, 7) is 8.22. The number of morpholine rings is 1. The smallest absolute Gasteiger partial charge is 0.186 e. The molecule has 0 aromatic carbocycles. The monoisotopic (exact) mass is 309 g/mol. The lowest BCUT2D eigenvalue weighted by Crippen LogP contribution is -2.45. The minimum absolute atomic E-state index is 0.472. The molecule has 0 spiro atoms. The van der Waals surface area contributed by atoms with Crippen molar-refractivity contribution < 1.29 is 4.74 Å². The first-order valence-electron chi connectivity index (χ1n) is 8.40. The van der Waals surface area contributed by atoms with Crippen molar-refractivity contribution in [3.63, 3.8) is 0 Å². The molecule has 1 aromatic heterocycles. The summed E-state index contributed by atoms with van der Waals surface area (Å²) < 4.78 is 5.62. The van der Waals surface area contributed by atoms with E-state index in [0.29, 0.717) is 12.1 Å². The lowest BCUT2D eigenvalue weighted by Gasteiger charge is -2.34. The predicted octanol–water partition coefficient (Wildman–Crippen LogP) is 3.14. The Bertz CT molecular complexity index is 462. The fraction of sp³-hybridized carbons (Fsp3) is 0.812. The molecule has 2 aliphatic rings. The van der Waals surface area contributed by atoms with Crippen molar-refractivity contribution >= 4 is 16.5 Å². The van der Waals surface area contributed by atoms with E-state index in [-0.39, 0.29) is 0 Å². The zero-order chi connectivity index (χ0) is 14.7. The normalized spacial score (nSPS) is 25.9. The van der Waals surface area contributed by atoms with Gasteiger partial charge < -0.3 is 15.0 Å². The molecule has 1 aliphatic heterocycles. The zero-order valence-corrected chi connectivity index (χ0v) is 14.0. The number of nitrogens with zero attached hydrogens (tertiary/aromatic N) is 2. The van der Waals surface area contributed by atoms with Crippen molar-refractivity contribution in [3.05, 3.63) is 10.6 Å². The van der Waals surface area contributed by atoms with E-state index in [9.17, 15) is 0 Å². The summed E-state index contributed by atoms with van der Waals surface area (Å²) in [6.07, 6.45) is 6.04. The molecular formula is C16H27N3OS. The Morgan fingerprint density at radius 1 is 1.43 bits per heavy atom. The van der Waals surface area contributed by atoms with Crippen molar-refractivity contribution in [2.45, 2.75) is 58.0 Å². The van der Waals surface area contributed by atoms with E-state index in [2.05, 4.69) is 24.1 Å². The highest BCUT2D eigenvalue weighted by molar-refractivity contribution is 7.15. The number of fused-ring (bicyclic) bond motifs is 1. The summed E-state index contributed by atoms with van der Waals surface area (Å²) in [5.74, 6) is 0. The predicted molar refractivity (Wildman–Crippen MR) is 88.3 cm³/mol. The molecule has 2 heterocycles. The second kappa shape index (κ2) is 7.07. The van der Waals surface area contributed by atoms with Gasteiger partial charge in [0, 0.05) is 11.4 Å². The molecule has 2 atom stereocenters. The number of hydrogen-bond donors (Lipinski definition) is 1. The van der Waals surface area contributed by atoms with E-state index in [1.165, 1.54) is 41.4 Å². The molecule has 0 amide bonds. The van der Waals surface area contributed by atoms with Gasteiger partial charge in [0.2, 0.25) is 0 Å². The van der Waals surface area contributed by atoms with Crippen molar-refractivity contribution in [2.24, 2.45) is 0 Å². The minimum atomic E-state index is 0.472. The molecule has 118 valence electrons. The maximum atomic E-state index is 5.62. The summed E-state index contributed by atoms with van der Waals surface area (Å²) in [5, 5.41) is 4.89. The highest BCUT2D eigenvalue weighted by atomic mass is 32.1. The van der Waals surface area contributed by atoms with Crippen LogP contribution >= 0.6 is 11.3 Å². The molecule has 1 aliphatic carbocycles. The van der Waals surface area contributed by atoms with E-state index in [1.54, 1.807) is 0 Å². The molecule has 1 fully saturated rings. The lowest BCUT2D eigenvalue weighted by molar-refractivity contribution is 0.0929. The molecule has 21 heavy (non-hydrogen) atoms. The quantitative estimate of drug-likeness (QED) is 0.907. The molecule has 0 saturated carbocycles. The van der Waals surface area contributed by atoms with Crippen LogP contribution in [0.3, 0.4) is 0 Å². The van der Waals surface area contributed by atoms with E-state index in [1.807, 2.05) is 11.3 Å². The van der Waals surface area contributed by atoms with Gasteiger partial charge in [-0.3, -0.25) is 0 Å². The minimum Gasteiger partial charge on any atom is -0.377 e. The Kier molecular flexibility index (Phi) is 5.14. The van der Waals surface area contributed by atoms with Crippen molar-refractivity contribution in [3.8, 4) is 0 Å². The maximum absolute atomic E-state index is 5.62. The number of anilines is 1. The second-order valence-electron chi connectivity index (χ2n) is 6.03. The average Bonchev–Trinajstić information content (AvgIpc) is 2.97. The topological polar surface area (TPSA) is 37.4 Å². The molecular weight excluding hydrogens is 282 g/mol. The van der Waals surface area contributed by atoms with Crippen LogP contribution in [0.5, 0.6) is 0 Å². The van der Waals surface area contributed by atoms with Crippen LogP contribution in [-0.4, -0.2) is 37.3 Å². The first-order chi connectivity index (χ1) is 10.3. The molecule has 0 radical (unpaired) electrons. The van der Waals surface area contributed by atoms with Crippen LogP contribution in [-0.2, 0) is 11.2 Å². The third-order valence-electron chi connectivity index (χ3n) is 4.53. The van der Waals surface area contributed by atoms with Crippen LogP contribution in [0.1, 0.15) is 56.1 Å². The number of nitrogens with one attached hydrogen (secondary N) is 1. The van der Waals surface area contributed by atoms with Gasteiger partial charge in [-0.15, -0.1) is 11.3 Å². The van der Waals surface area contributed by atoms with Gasteiger partial charge >= 0.3 is 0 Å². The number of hydrogen-bond acceptors (Lipinski definition) is 5. The zero-order valence-electron chi connectivity index (χ0n) is 13.2. The fourth-order valence-electron chi connectivity index (χ4n) is 3.29. The van der Waals surface area contributed by atoms with Crippen LogP contribution < -0.4 is 10.2 Å². The molecule has 3 rings (SSSR count). The van der Waals surface area contributed by atoms with E-state index < -0.39 is 0 Å². The van der Waals surface area contributed by atoms with Gasteiger partial charge in [0.05, 0.1) is 31.0 Å². The highest BCUT2D eigenvalue weighted by Crippen LogP contribution is 2.37. The fourth-order valence-corrected chi connectivity index (χ4v) is 4.55. The summed E-state index contributed by atoms with van der Waals surface area (Å²) in [6, 6.07) is 0.966. The van der Waals surface area contributed by atoms with Gasteiger partial charge in [-0.1, -0.05) is 13.8 Å². The lowest BCUT2D eigenvalue weighted by atomic mass is 9.97. The standard InChI is InChI=1S/C16H27N3OS/c1-3-8-17-13-6-5-7-14-15(13)18-16(21-14)19-9-10-20-11-12(19)4-2/h12-13,17H,3-11H2,1-2H3. The maximum Gasteiger partial charge on any atom is 0.186 e. The second-order valence-corrected chi connectivity index (χ2v) is 7.10. The third-order valence-corrected chi connectivity index (χ3v) is 5.70. The summed E-state index contributed by atoms with van der Waals surface area (Å²) in [4.78, 5) is 9.01. The van der Waals surface area contributed by atoms with Crippen LogP contribution in [0, 0.1) is 0 Å².